The number of carbonyl (C=O) groups is 2. The van der Waals surface area contributed by atoms with Crippen molar-refractivity contribution in [1.82, 2.24) is 14.8 Å². The number of aliphatic hydroxyl groups is 1. The van der Waals surface area contributed by atoms with Crippen molar-refractivity contribution in [1.29, 1.82) is 0 Å². The van der Waals surface area contributed by atoms with E-state index in [2.05, 4.69) is 21.3 Å². The third-order valence-corrected chi connectivity index (χ3v) is 6.69. The van der Waals surface area contributed by atoms with Gasteiger partial charge in [-0.05, 0) is 35.4 Å². The SMILES string of the molecule is O=C1Nc2ccc(CN3C(=O)SCC3O)cc2C1=Cc1cc(CN2CCOCC2)c[nH]1. The third-order valence-electron chi connectivity index (χ3n) is 5.74. The second-order valence-electron chi connectivity index (χ2n) is 7.93. The van der Waals surface area contributed by atoms with Crippen LogP contribution in [0.25, 0.3) is 11.6 Å². The molecule has 2 aromatic rings. The van der Waals surface area contributed by atoms with Gasteiger partial charge in [-0.1, -0.05) is 17.8 Å². The van der Waals surface area contributed by atoms with Crippen LogP contribution in [0.1, 0.15) is 22.4 Å². The van der Waals surface area contributed by atoms with E-state index in [9.17, 15) is 14.7 Å². The van der Waals surface area contributed by atoms with Gasteiger partial charge < -0.3 is 25.0 Å². The summed E-state index contributed by atoms with van der Waals surface area (Å²) in [6, 6.07) is 7.70. The predicted molar refractivity (Wildman–Crippen MR) is 119 cm³/mol. The number of rotatable bonds is 5. The van der Waals surface area contributed by atoms with Crippen molar-refractivity contribution >= 4 is 40.2 Å². The fourth-order valence-electron chi connectivity index (χ4n) is 4.09. The number of thioether (sulfide) groups is 1. The van der Waals surface area contributed by atoms with Crippen LogP contribution in [0.3, 0.4) is 0 Å². The molecule has 1 aromatic carbocycles. The lowest BCUT2D eigenvalue weighted by Crippen LogP contribution is -2.35. The highest BCUT2D eigenvalue weighted by Crippen LogP contribution is 2.35. The number of benzene rings is 1. The summed E-state index contributed by atoms with van der Waals surface area (Å²) in [6.45, 7) is 4.53. The van der Waals surface area contributed by atoms with Crippen LogP contribution < -0.4 is 5.32 Å². The smallest absolute Gasteiger partial charge is 0.284 e. The summed E-state index contributed by atoms with van der Waals surface area (Å²) in [5, 5.41) is 12.8. The van der Waals surface area contributed by atoms with E-state index in [-0.39, 0.29) is 11.1 Å². The molecule has 0 aliphatic carbocycles. The lowest BCUT2D eigenvalue weighted by Gasteiger charge is -2.25. The third kappa shape index (κ3) is 4.27. The molecule has 2 saturated heterocycles. The predicted octanol–water partition coefficient (Wildman–Crippen LogP) is 2.33. The number of hydrogen-bond donors (Lipinski definition) is 3. The number of morpholine rings is 1. The van der Waals surface area contributed by atoms with E-state index in [0.717, 1.165) is 67.1 Å². The Labute approximate surface area is 184 Å². The van der Waals surface area contributed by atoms with Crippen molar-refractivity contribution in [3.8, 4) is 0 Å². The number of hydrogen-bond acceptors (Lipinski definition) is 6. The van der Waals surface area contributed by atoms with Gasteiger partial charge in [-0.25, -0.2) is 0 Å². The number of anilines is 1. The quantitative estimate of drug-likeness (QED) is 0.618. The van der Waals surface area contributed by atoms with Gasteiger partial charge in [-0.2, -0.15) is 0 Å². The molecule has 162 valence electrons. The molecule has 5 rings (SSSR count). The number of aromatic amines is 1. The first-order valence-corrected chi connectivity index (χ1v) is 11.3. The lowest BCUT2D eigenvalue weighted by molar-refractivity contribution is -0.110. The summed E-state index contributed by atoms with van der Waals surface area (Å²) in [4.78, 5) is 31.6. The minimum atomic E-state index is -0.774. The molecule has 0 bridgehead atoms. The van der Waals surface area contributed by atoms with Crippen molar-refractivity contribution < 1.29 is 19.4 Å². The average molecular weight is 441 g/mol. The van der Waals surface area contributed by atoms with E-state index in [1.165, 1.54) is 10.5 Å². The zero-order valence-electron chi connectivity index (χ0n) is 17.0. The highest BCUT2D eigenvalue weighted by atomic mass is 32.2. The van der Waals surface area contributed by atoms with Gasteiger partial charge in [0.1, 0.15) is 6.23 Å². The maximum absolute atomic E-state index is 12.6. The molecule has 9 heteroatoms. The molecule has 0 spiro atoms. The maximum Gasteiger partial charge on any atom is 0.284 e. The first-order valence-electron chi connectivity index (χ1n) is 10.3. The molecule has 3 aliphatic heterocycles. The van der Waals surface area contributed by atoms with Crippen LogP contribution >= 0.6 is 11.8 Å². The van der Waals surface area contributed by atoms with Gasteiger partial charge in [-0.15, -0.1) is 0 Å². The standard InChI is InChI=1S/C22H24N4O4S/c27-20-13-31-22(29)26(20)12-14-1-2-19-17(8-14)18(21(28)24-19)9-16-7-15(10-23-16)11-25-3-5-30-6-4-25/h1-2,7-10,20,23,27H,3-6,11-13H2,(H,24,28). The van der Waals surface area contributed by atoms with Crippen LogP contribution in [-0.2, 0) is 22.6 Å². The monoisotopic (exact) mass is 440 g/mol. The van der Waals surface area contributed by atoms with Gasteiger partial charge in [0.15, 0.2) is 0 Å². The molecule has 0 saturated carbocycles. The van der Waals surface area contributed by atoms with Gasteiger partial charge in [0.25, 0.3) is 11.1 Å². The van der Waals surface area contributed by atoms with E-state index in [1.807, 2.05) is 30.5 Å². The van der Waals surface area contributed by atoms with Gasteiger partial charge >= 0.3 is 0 Å². The summed E-state index contributed by atoms with van der Waals surface area (Å²) in [6.07, 6.45) is 3.06. The Bertz CT molecular complexity index is 1040. The Hall–Kier alpha value is -2.59. The topological polar surface area (TPSA) is 97.9 Å². The molecule has 8 nitrogen and oxygen atoms in total. The number of H-pyrrole nitrogens is 1. The number of aromatic nitrogens is 1. The minimum Gasteiger partial charge on any atom is -0.379 e. The largest absolute Gasteiger partial charge is 0.379 e. The van der Waals surface area contributed by atoms with Crippen molar-refractivity contribution in [2.45, 2.75) is 19.3 Å². The van der Waals surface area contributed by atoms with Crippen LogP contribution in [0.15, 0.2) is 30.5 Å². The molecule has 1 unspecified atom stereocenters. The van der Waals surface area contributed by atoms with Crippen LogP contribution in [0.2, 0.25) is 0 Å². The number of aliphatic hydroxyl groups excluding tert-OH is 1. The van der Waals surface area contributed by atoms with Crippen LogP contribution in [-0.4, -0.2) is 69.3 Å². The normalized spacial score (nSPS) is 22.9. The number of carbonyl (C=O) groups excluding carboxylic acids is 2. The van der Waals surface area contributed by atoms with E-state index >= 15 is 0 Å². The lowest BCUT2D eigenvalue weighted by atomic mass is 10.0. The number of ether oxygens (including phenoxy) is 1. The highest BCUT2D eigenvalue weighted by molar-refractivity contribution is 8.13. The zero-order chi connectivity index (χ0) is 21.4. The molecule has 4 heterocycles. The van der Waals surface area contributed by atoms with Gasteiger partial charge in [0.2, 0.25) is 0 Å². The molecule has 3 aliphatic rings. The summed E-state index contributed by atoms with van der Waals surface area (Å²) in [5.41, 5.74) is 5.05. The Kier molecular flexibility index (Phi) is 5.58. The van der Waals surface area contributed by atoms with Crippen molar-refractivity contribution in [2.24, 2.45) is 0 Å². The first-order chi connectivity index (χ1) is 15.1. The summed E-state index contributed by atoms with van der Waals surface area (Å²) in [5.74, 6) is 0.235. The Balaban J connectivity index is 1.35. The highest BCUT2D eigenvalue weighted by Gasteiger charge is 2.31. The number of fused-ring (bicyclic) bond motifs is 1. The fourth-order valence-corrected chi connectivity index (χ4v) is 4.91. The molecule has 0 radical (unpaired) electrons. The van der Waals surface area contributed by atoms with E-state index in [0.29, 0.717) is 17.9 Å². The molecule has 31 heavy (non-hydrogen) atoms. The summed E-state index contributed by atoms with van der Waals surface area (Å²) < 4.78 is 5.40. The first kappa shape index (κ1) is 20.3. The van der Waals surface area contributed by atoms with Crippen molar-refractivity contribution in [2.75, 3.05) is 37.4 Å². The van der Waals surface area contributed by atoms with E-state index in [4.69, 9.17) is 4.74 Å². The van der Waals surface area contributed by atoms with Gasteiger partial charge in [0, 0.05) is 55.1 Å². The van der Waals surface area contributed by atoms with Crippen LogP contribution in [0.4, 0.5) is 10.5 Å². The van der Waals surface area contributed by atoms with E-state index < -0.39 is 6.23 Å². The molecular weight excluding hydrogens is 416 g/mol. The second kappa shape index (κ2) is 8.51. The summed E-state index contributed by atoms with van der Waals surface area (Å²) in [7, 11) is 0. The van der Waals surface area contributed by atoms with Crippen molar-refractivity contribution in [3.05, 3.63) is 52.8 Å². The fraction of sp³-hybridized carbons (Fsp3) is 0.364. The minimum absolute atomic E-state index is 0.128. The number of nitrogens with one attached hydrogen (secondary N) is 2. The molecule has 2 fully saturated rings. The Morgan fingerprint density at radius 1 is 1.16 bits per heavy atom. The molecular formula is C22H24N4O4S. The van der Waals surface area contributed by atoms with Crippen LogP contribution in [0.5, 0.6) is 0 Å². The molecule has 1 aromatic heterocycles. The maximum atomic E-state index is 12.6. The molecule has 2 amide bonds. The van der Waals surface area contributed by atoms with Crippen molar-refractivity contribution in [3.63, 3.8) is 0 Å². The number of nitrogens with zero attached hydrogens (tertiary/aromatic N) is 2. The molecule has 1 atom stereocenters. The second-order valence-corrected chi connectivity index (χ2v) is 8.90. The van der Waals surface area contributed by atoms with E-state index in [1.54, 1.807) is 0 Å². The summed E-state index contributed by atoms with van der Waals surface area (Å²) >= 11 is 1.12. The Morgan fingerprint density at radius 2 is 2.00 bits per heavy atom. The van der Waals surface area contributed by atoms with Gasteiger partial charge in [-0.3, -0.25) is 14.5 Å². The van der Waals surface area contributed by atoms with Gasteiger partial charge in [0.05, 0.1) is 18.8 Å². The number of amides is 2. The Morgan fingerprint density at radius 3 is 2.77 bits per heavy atom. The zero-order valence-corrected chi connectivity index (χ0v) is 17.8. The average Bonchev–Trinajstić information content (AvgIpc) is 3.43. The van der Waals surface area contributed by atoms with Crippen LogP contribution in [0, 0.1) is 0 Å². The molecule has 3 N–H and O–H groups in total.